The molecule has 2 nitrogen and oxygen atoms in total. The molecular weight excluding hydrogens is 229 g/mol. The van der Waals surface area contributed by atoms with Gasteiger partial charge in [0.15, 0.2) is 0 Å². The van der Waals surface area contributed by atoms with Crippen molar-refractivity contribution in [1.82, 2.24) is 0 Å². The molecule has 1 aliphatic heterocycles. The summed E-state index contributed by atoms with van der Waals surface area (Å²) in [4.78, 5) is 2.16. The van der Waals surface area contributed by atoms with E-state index in [-0.39, 0.29) is 5.82 Å². The minimum Gasteiger partial charge on any atom is -0.388 e. The van der Waals surface area contributed by atoms with Gasteiger partial charge in [-0.25, -0.2) is 4.39 Å². The monoisotopic (exact) mass is 249 g/mol. The van der Waals surface area contributed by atoms with E-state index in [1.807, 2.05) is 6.07 Å². The highest BCUT2D eigenvalue weighted by molar-refractivity contribution is 5.58. The molecule has 0 radical (unpaired) electrons. The van der Waals surface area contributed by atoms with Crippen LogP contribution in [0.2, 0.25) is 0 Å². The Hall–Kier alpha value is -1.09. The Morgan fingerprint density at radius 1 is 1.22 bits per heavy atom. The smallest absolute Gasteiger partial charge is 0.125 e. The summed E-state index contributed by atoms with van der Waals surface area (Å²) in [5.41, 5.74) is 1.62. The fraction of sp³-hybridized carbons (Fsp3) is 0.600. The quantitative estimate of drug-likeness (QED) is 0.871. The van der Waals surface area contributed by atoms with Crippen LogP contribution in [0.1, 0.15) is 37.7 Å². The summed E-state index contributed by atoms with van der Waals surface area (Å²) in [6.07, 6.45) is 6.18. The van der Waals surface area contributed by atoms with Gasteiger partial charge in [-0.3, -0.25) is 0 Å². The van der Waals surface area contributed by atoms with E-state index in [0.29, 0.717) is 6.54 Å². The zero-order chi connectivity index (χ0) is 12.6. The highest BCUT2D eigenvalue weighted by Gasteiger charge is 2.33. The van der Waals surface area contributed by atoms with Gasteiger partial charge in [0.25, 0.3) is 0 Å². The lowest BCUT2D eigenvalue weighted by Gasteiger charge is -2.36. The summed E-state index contributed by atoms with van der Waals surface area (Å²) in [7, 11) is 0. The van der Waals surface area contributed by atoms with Crippen LogP contribution in [-0.4, -0.2) is 23.8 Å². The van der Waals surface area contributed by atoms with Crippen molar-refractivity contribution in [2.24, 2.45) is 0 Å². The third kappa shape index (κ3) is 2.24. The number of anilines is 1. The summed E-state index contributed by atoms with van der Waals surface area (Å²) in [6.45, 7) is 1.56. The lowest BCUT2D eigenvalue weighted by molar-refractivity contribution is 0.0113. The van der Waals surface area contributed by atoms with Crippen molar-refractivity contribution >= 4 is 5.69 Å². The Balaban J connectivity index is 1.77. The average Bonchev–Trinajstić information content (AvgIpc) is 2.72. The summed E-state index contributed by atoms with van der Waals surface area (Å²) in [6, 6.07) is 5.00. The molecule has 3 heteroatoms. The second kappa shape index (κ2) is 4.54. The van der Waals surface area contributed by atoms with Crippen molar-refractivity contribution in [3.8, 4) is 0 Å². The van der Waals surface area contributed by atoms with Crippen LogP contribution >= 0.6 is 0 Å². The number of rotatable bonds is 2. The molecule has 1 saturated carbocycles. The zero-order valence-electron chi connectivity index (χ0n) is 10.7. The number of halogens is 1. The lowest BCUT2D eigenvalue weighted by atomic mass is 9.84. The number of hydrogen-bond donors (Lipinski definition) is 1. The number of nitrogens with zero attached hydrogens (tertiary/aromatic N) is 1. The van der Waals surface area contributed by atoms with E-state index in [4.69, 9.17) is 0 Å². The summed E-state index contributed by atoms with van der Waals surface area (Å²) in [5, 5.41) is 10.6. The van der Waals surface area contributed by atoms with Crippen LogP contribution in [0.3, 0.4) is 0 Å². The molecule has 1 aromatic rings. The second-order valence-corrected chi connectivity index (χ2v) is 5.73. The second-order valence-electron chi connectivity index (χ2n) is 5.73. The topological polar surface area (TPSA) is 23.5 Å². The van der Waals surface area contributed by atoms with Crippen LogP contribution in [0.25, 0.3) is 0 Å². The van der Waals surface area contributed by atoms with Gasteiger partial charge in [0.2, 0.25) is 0 Å². The van der Waals surface area contributed by atoms with Gasteiger partial charge in [0.1, 0.15) is 5.82 Å². The van der Waals surface area contributed by atoms with Gasteiger partial charge in [-0.15, -0.1) is 0 Å². The SMILES string of the molecule is OC1(CN2CCc3ccc(F)cc32)CCCCC1. The molecule has 1 heterocycles. The number of hydrogen-bond acceptors (Lipinski definition) is 2. The van der Waals surface area contributed by atoms with Gasteiger partial charge in [0.05, 0.1) is 5.60 Å². The standard InChI is InChI=1S/C15H20FNO/c16-13-5-4-12-6-9-17(14(12)10-13)11-15(18)7-2-1-3-8-15/h4-5,10,18H,1-3,6-9,11H2. The number of benzene rings is 1. The molecule has 1 aliphatic carbocycles. The first kappa shape index (κ1) is 12.0. The van der Waals surface area contributed by atoms with E-state index in [1.54, 1.807) is 6.07 Å². The average molecular weight is 249 g/mol. The van der Waals surface area contributed by atoms with E-state index in [1.165, 1.54) is 18.1 Å². The Morgan fingerprint density at radius 3 is 2.78 bits per heavy atom. The maximum Gasteiger partial charge on any atom is 0.125 e. The lowest BCUT2D eigenvalue weighted by Crippen LogP contribution is -2.44. The van der Waals surface area contributed by atoms with Gasteiger partial charge in [0, 0.05) is 18.8 Å². The molecule has 2 aliphatic rings. The molecule has 1 N–H and O–H groups in total. The summed E-state index contributed by atoms with van der Waals surface area (Å²) >= 11 is 0. The van der Waals surface area contributed by atoms with Crippen molar-refractivity contribution in [3.05, 3.63) is 29.6 Å². The predicted octanol–water partition coefficient (Wildman–Crippen LogP) is 2.88. The molecule has 3 rings (SSSR count). The van der Waals surface area contributed by atoms with Gasteiger partial charge in [-0.05, 0) is 37.0 Å². The number of fused-ring (bicyclic) bond motifs is 1. The Morgan fingerprint density at radius 2 is 2.00 bits per heavy atom. The molecule has 0 amide bonds. The molecule has 18 heavy (non-hydrogen) atoms. The van der Waals surface area contributed by atoms with Gasteiger partial charge >= 0.3 is 0 Å². The largest absolute Gasteiger partial charge is 0.388 e. The van der Waals surface area contributed by atoms with Gasteiger partial charge in [-0.1, -0.05) is 25.3 Å². The zero-order valence-corrected chi connectivity index (χ0v) is 10.7. The van der Waals surface area contributed by atoms with Crippen molar-refractivity contribution in [1.29, 1.82) is 0 Å². The van der Waals surface area contributed by atoms with Gasteiger partial charge < -0.3 is 10.0 Å². The molecule has 0 atom stereocenters. The minimum atomic E-state index is -0.563. The third-order valence-corrected chi connectivity index (χ3v) is 4.31. The molecule has 98 valence electrons. The number of aliphatic hydroxyl groups is 1. The maximum absolute atomic E-state index is 13.3. The Kier molecular flexibility index (Phi) is 3.02. The molecule has 1 fully saturated rings. The molecule has 0 unspecified atom stereocenters. The van der Waals surface area contributed by atoms with Crippen LogP contribution in [-0.2, 0) is 6.42 Å². The van der Waals surface area contributed by atoms with Crippen molar-refractivity contribution in [2.45, 2.75) is 44.1 Å². The van der Waals surface area contributed by atoms with Crippen molar-refractivity contribution in [3.63, 3.8) is 0 Å². The van der Waals surface area contributed by atoms with E-state index in [2.05, 4.69) is 4.90 Å². The highest BCUT2D eigenvalue weighted by atomic mass is 19.1. The fourth-order valence-electron chi connectivity index (χ4n) is 3.31. The Bertz CT molecular complexity index is 440. The van der Waals surface area contributed by atoms with E-state index in [0.717, 1.165) is 44.3 Å². The summed E-state index contributed by atoms with van der Waals surface area (Å²) < 4.78 is 13.3. The Labute approximate surface area is 107 Å². The molecule has 0 bridgehead atoms. The first-order chi connectivity index (χ1) is 8.66. The number of β-amino-alcohol motifs (C(OH)–C–C–N with tert-alkyl or cyclic N) is 1. The van der Waals surface area contributed by atoms with Crippen LogP contribution in [0.15, 0.2) is 18.2 Å². The first-order valence-corrected chi connectivity index (χ1v) is 6.92. The predicted molar refractivity (Wildman–Crippen MR) is 70.4 cm³/mol. The van der Waals surface area contributed by atoms with E-state index >= 15 is 0 Å². The maximum atomic E-state index is 13.3. The fourth-order valence-corrected chi connectivity index (χ4v) is 3.31. The van der Waals surface area contributed by atoms with E-state index < -0.39 is 5.60 Å². The van der Waals surface area contributed by atoms with Crippen LogP contribution < -0.4 is 4.90 Å². The van der Waals surface area contributed by atoms with E-state index in [9.17, 15) is 9.50 Å². The first-order valence-electron chi connectivity index (χ1n) is 6.92. The third-order valence-electron chi connectivity index (χ3n) is 4.31. The molecule has 1 aromatic carbocycles. The van der Waals surface area contributed by atoms with Gasteiger partial charge in [-0.2, -0.15) is 0 Å². The highest BCUT2D eigenvalue weighted by Crippen LogP contribution is 2.34. The molecule has 0 aromatic heterocycles. The summed E-state index contributed by atoms with van der Waals surface area (Å²) in [5.74, 6) is -0.184. The van der Waals surface area contributed by atoms with Crippen LogP contribution in [0.4, 0.5) is 10.1 Å². The minimum absolute atomic E-state index is 0.184. The van der Waals surface area contributed by atoms with Crippen LogP contribution in [0, 0.1) is 5.82 Å². The normalized spacial score (nSPS) is 22.0. The van der Waals surface area contributed by atoms with Crippen molar-refractivity contribution < 1.29 is 9.50 Å². The van der Waals surface area contributed by atoms with Crippen LogP contribution in [0.5, 0.6) is 0 Å². The van der Waals surface area contributed by atoms with Crippen molar-refractivity contribution in [2.75, 3.05) is 18.0 Å². The molecular formula is C15H20FNO. The molecule has 0 saturated heterocycles. The molecule has 0 spiro atoms.